The minimum atomic E-state index is -4.33. The first-order valence-electron chi connectivity index (χ1n) is 6.95. The summed E-state index contributed by atoms with van der Waals surface area (Å²) in [6.07, 6.45) is 7.85. The Balaban J connectivity index is 1.77. The van der Waals surface area contributed by atoms with Gasteiger partial charge in [-0.3, -0.25) is 4.55 Å². The lowest BCUT2D eigenvalue weighted by atomic mass is 9.95. The van der Waals surface area contributed by atoms with Gasteiger partial charge in [-0.05, 0) is 36.1 Å². The van der Waals surface area contributed by atoms with Crippen molar-refractivity contribution in [3.8, 4) is 0 Å². The van der Waals surface area contributed by atoms with Gasteiger partial charge in [0.05, 0.1) is 12.6 Å². The van der Waals surface area contributed by atoms with E-state index in [1.165, 1.54) is 19.3 Å². The quantitative estimate of drug-likeness (QED) is 0.598. The molecule has 0 unspecified atom stereocenters. The highest BCUT2D eigenvalue weighted by molar-refractivity contribution is 7.80. The molecule has 1 N–H and O–H groups in total. The molecule has 1 aromatic rings. The average molecular weight is 304 g/mol. The summed E-state index contributed by atoms with van der Waals surface area (Å²) >= 11 is 0. The molecule has 1 aliphatic rings. The van der Waals surface area contributed by atoms with Crippen LogP contribution in [-0.2, 0) is 21.0 Å². The summed E-state index contributed by atoms with van der Waals surface area (Å²) in [4.78, 5) is 0. The van der Waals surface area contributed by atoms with Crippen LogP contribution in [0.2, 0.25) is 0 Å². The Morgan fingerprint density at radius 2 is 2.00 bits per heavy atom. The van der Waals surface area contributed by atoms with E-state index in [-0.39, 0.29) is 6.61 Å². The molecule has 0 amide bonds. The Hall–Kier alpha value is -1.06. The molecule has 0 spiro atoms. The Bertz CT molecular complexity index is 510. The topological polar surface area (TPSA) is 107 Å². The molecule has 0 aliphatic heterocycles. The van der Waals surface area contributed by atoms with Crippen molar-refractivity contribution >= 4 is 10.4 Å². The molecule has 114 valence electrons. The highest BCUT2D eigenvalue weighted by Crippen LogP contribution is 2.27. The number of aryl methyl sites for hydroxylation is 1. The number of unbranched alkanes of at least 4 members (excludes halogenated alkanes) is 1. The molecule has 0 bridgehead atoms. The van der Waals surface area contributed by atoms with Crippen LogP contribution in [-0.4, -0.2) is 39.8 Å². The van der Waals surface area contributed by atoms with E-state index in [4.69, 9.17) is 4.55 Å². The molecule has 0 saturated heterocycles. The molecule has 1 heterocycles. The van der Waals surface area contributed by atoms with E-state index in [9.17, 15) is 8.42 Å². The van der Waals surface area contributed by atoms with Gasteiger partial charge in [0.2, 0.25) is 0 Å². The lowest BCUT2D eigenvalue weighted by molar-refractivity contribution is 0.261. The van der Waals surface area contributed by atoms with Crippen LogP contribution in [0, 0.1) is 0 Å². The Kier molecular flexibility index (Phi) is 5.44. The number of nitrogens with zero attached hydrogens (tertiary/aromatic N) is 4. The zero-order valence-electron chi connectivity index (χ0n) is 11.3. The van der Waals surface area contributed by atoms with Gasteiger partial charge >= 0.3 is 10.4 Å². The van der Waals surface area contributed by atoms with Gasteiger partial charge in [0.25, 0.3) is 0 Å². The van der Waals surface area contributed by atoms with Crippen LogP contribution >= 0.6 is 0 Å². The SMILES string of the molecule is O=S(=O)(O)OCCCCc1nnnn1C1CCCCC1. The Morgan fingerprint density at radius 1 is 1.25 bits per heavy atom. The predicted molar refractivity (Wildman–Crippen MR) is 70.4 cm³/mol. The van der Waals surface area contributed by atoms with Crippen molar-refractivity contribution in [2.45, 2.75) is 57.4 Å². The fraction of sp³-hybridized carbons (Fsp3) is 0.909. The summed E-state index contributed by atoms with van der Waals surface area (Å²) in [5, 5.41) is 11.8. The molecule has 1 aromatic heterocycles. The molecule has 20 heavy (non-hydrogen) atoms. The van der Waals surface area contributed by atoms with Gasteiger partial charge in [0.1, 0.15) is 0 Å². The van der Waals surface area contributed by atoms with E-state index in [1.54, 1.807) is 0 Å². The maximum Gasteiger partial charge on any atom is 0.397 e. The van der Waals surface area contributed by atoms with E-state index < -0.39 is 10.4 Å². The first-order valence-corrected chi connectivity index (χ1v) is 8.31. The van der Waals surface area contributed by atoms with Gasteiger partial charge < -0.3 is 0 Å². The fourth-order valence-corrected chi connectivity index (χ4v) is 2.86. The molecule has 1 aliphatic carbocycles. The number of hydrogen-bond acceptors (Lipinski definition) is 6. The maximum absolute atomic E-state index is 10.4. The predicted octanol–water partition coefficient (Wildman–Crippen LogP) is 1.32. The third kappa shape index (κ3) is 4.80. The van der Waals surface area contributed by atoms with Crippen molar-refractivity contribution < 1.29 is 17.2 Å². The lowest BCUT2D eigenvalue weighted by Crippen LogP contribution is -2.17. The molecule has 0 atom stereocenters. The van der Waals surface area contributed by atoms with Gasteiger partial charge in [-0.1, -0.05) is 19.3 Å². The van der Waals surface area contributed by atoms with Gasteiger partial charge in [0.15, 0.2) is 5.82 Å². The summed E-state index contributed by atoms with van der Waals surface area (Å²) in [5.41, 5.74) is 0. The lowest BCUT2D eigenvalue weighted by Gasteiger charge is -2.22. The first-order chi connectivity index (χ1) is 9.56. The van der Waals surface area contributed by atoms with E-state index in [0.717, 1.165) is 18.7 Å². The maximum atomic E-state index is 10.4. The second-order valence-corrected chi connectivity index (χ2v) is 6.13. The standard InChI is InChI=1S/C11H20N4O4S/c16-20(17,18)19-9-5-4-8-11-12-13-14-15(11)10-6-2-1-3-7-10/h10H,1-9H2,(H,16,17,18). The molecule has 2 rings (SSSR count). The van der Waals surface area contributed by atoms with Crippen molar-refractivity contribution in [2.24, 2.45) is 0 Å². The van der Waals surface area contributed by atoms with Crippen LogP contribution in [0.4, 0.5) is 0 Å². The summed E-state index contributed by atoms with van der Waals surface area (Å²) in [6, 6.07) is 0.391. The van der Waals surface area contributed by atoms with Gasteiger partial charge in [-0.25, -0.2) is 8.86 Å². The van der Waals surface area contributed by atoms with Crippen LogP contribution in [0.25, 0.3) is 0 Å². The van der Waals surface area contributed by atoms with Crippen LogP contribution in [0.15, 0.2) is 0 Å². The molecular formula is C11H20N4O4S. The van der Waals surface area contributed by atoms with Crippen molar-refractivity contribution in [1.82, 2.24) is 20.2 Å². The highest BCUT2D eigenvalue weighted by Gasteiger charge is 2.19. The third-order valence-electron chi connectivity index (χ3n) is 3.51. The van der Waals surface area contributed by atoms with Crippen LogP contribution in [0.3, 0.4) is 0 Å². The summed E-state index contributed by atoms with van der Waals surface area (Å²) in [5.74, 6) is 0.837. The summed E-state index contributed by atoms with van der Waals surface area (Å²) in [7, 11) is -4.33. The van der Waals surface area contributed by atoms with Crippen molar-refractivity contribution in [2.75, 3.05) is 6.61 Å². The van der Waals surface area contributed by atoms with E-state index in [1.807, 2.05) is 4.68 Å². The number of hydrogen-bond donors (Lipinski definition) is 1. The van der Waals surface area contributed by atoms with Gasteiger partial charge in [0, 0.05) is 6.42 Å². The second kappa shape index (κ2) is 7.09. The van der Waals surface area contributed by atoms with Crippen LogP contribution < -0.4 is 0 Å². The first kappa shape index (κ1) is 15.3. The molecule has 0 radical (unpaired) electrons. The fourth-order valence-electron chi connectivity index (χ4n) is 2.54. The largest absolute Gasteiger partial charge is 0.397 e. The van der Waals surface area contributed by atoms with E-state index >= 15 is 0 Å². The molecule has 1 saturated carbocycles. The molecule has 9 heteroatoms. The summed E-state index contributed by atoms with van der Waals surface area (Å²) < 4.78 is 35.4. The van der Waals surface area contributed by atoms with Crippen molar-refractivity contribution in [1.29, 1.82) is 0 Å². The van der Waals surface area contributed by atoms with Gasteiger partial charge in [-0.15, -0.1) is 5.10 Å². The molecule has 1 fully saturated rings. The van der Waals surface area contributed by atoms with E-state index in [0.29, 0.717) is 25.3 Å². The zero-order valence-corrected chi connectivity index (χ0v) is 12.1. The molecule has 8 nitrogen and oxygen atoms in total. The van der Waals surface area contributed by atoms with Crippen LogP contribution in [0.5, 0.6) is 0 Å². The van der Waals surface area contributed by atoms with Gasteiger partial charge in [-0.2, -0.15) is 8.42 Å². The summed E-state index contributed by atoms with van der Waals surface area (Å²) in [6.45, 7) is -0.0240. The Morgan fingerprint density at radius 3 is 2.70 bits per heavy atom. The van der Waals surface area contributed by atoms with Crippen molar-refractivity contribution in [3.05, 3.63) is 5.82 Å². The second-order valence-electron chi connectivity index (χ2n) is 5.04. The zero-order chi connectivity index (χ0) is 14.4. The number of aromatic nitrogens is 4. The highest BCUT2D eigenvalue weighted by atomic mass is 32.3. The smallest absolute Gasteiger partial charge is 0.264 e. The average Bonchev–Trinajstić information content (AvgIpc) is 2.86. The minimum absolute atomic E-state index is 0.0240. The number of tetrazole rings is 1. The normalized spacial score (nSPS) is 17.4. The molecular weight excluding hydrogens is 284 g/mol. The Labute approximate surface area is 118 Å². The third-order valence-corrected chi connectivity index (χ3v) is 3.97. The van der Waals surface area contributed by atoms with Crippen LogP contribution in [0.1, 0.15) is 56.8 Å². The monoisotopic (exact) mass is 304 g/mol. The number of rotatable bonds is 7. The molecule has 0 aromatic carbocycles. The minimum Gasteiger partial charge on any atom is -0.264 e. The van der Waals surface area contributed by atoms with Crippen molar-refractivity contribution in [3.63, 3.8) is 0 Å². The van der Waals surface area contributed by atoms with E-state index in [2.05, 4.69) is 19.7 Å².